The van der Waals surface area contributed by atoms with Gasteiger partial charge in [0.15, 0.2) is 0 Å². The van der Waals surface area contributed by atoms with Gasteiger partial charge in [0, 0.05) is 28.2 Å². The summed E-state index contributed by atoms with van der Waals surface area (Å²) >= 11 is 0. The highest BCUT2D eigenvalue weighted by Gasteiger charge is 2.15. The van der Waals surface area contributed by atoms with Gasteiger partial charge in [-0.15, -0.1) is 0 Å². The lowest BCUT2D eigenvalue weighted by Gasteiger charge is -2.14. The summed E-state index contributed by atoms with van der Waals surface area (Å²) in [6.45, 7) is 0. The van der Waals surface area contributed by atoms with Gasteiger partial charge in [0.1, 0.15) is 0 Å². The molecule has 6 rings (SSSR count). The topological polar surface area (TPSA) is 0 Å². The minimum atomic E-state index is 0.291. The Hall–Kier alpha value is -4.78. The van der Waals surface area contributed by atoms with Crippen LogP contribution in [0, 0.1) is 23.7 Å². The van der Waals surface area contributed by atoms with Gasteiger partial charge in [0.25, 0.3) is 0 Å². The van der Waals surface area contributed by atoms with Crippen LogP contribution < -0.4 is 0 Å². The normalized spacial score (nSPS) is 12.3. The average molecular weight is 443 g/mol. The second kappa shape index (κ2) is 9.23. The highest BCUT2D eigenvalue weighted by Crippen LogP contribution is 2.35. The predicted octanol–water partition coefficient (Wildman–Crippen LogP) is 8.00. The maximum absolute atomic E-state index is 3.53. The van der Waals surface area contributed by atoms with E-state index in [0.29, 0.717) is 5.92 Å². The van der Waals surface area contributed by atoms with Crippen molar-refractivity contribution in [3.05, 3.63) is 155 Å². The molecule has 0 atom stereocenters. The molecule has 0 fully saturated rings. The fourth-order valence-electron chi connectivity index (χ4n) is 4.64. The molecule has 0 heterocycles. The average Bonchev–Trinajstić information content (AvgIpc) is 3.47. The molecular weight excluding hydrogens is 420 g/mol. The Morgan fingerprint density at radius 2 is 0.914 bits per heavy atom. The van der Waals surface area contributed by atoms with E-state index < -0.39 is 0 Å². The largest absolute Gasteiger partial charge is 0.0732 e. The third-order valence-corrected chi connectivity index (χ3v) is 6.39. The molecule has 0 saturated carbocycles. The first kappa shape index (κ1) is 20.8. The number of hydrogen-bond donors (Lipinski definition) is 0. The van der Waals surface area contributed by atoms with Crippen molar-refractivity contribution in [3.8, 4) is 23.7 Å². The van der Waals surface area contributed by atoms with Gasteiger partial charge in [0.05, 0.1) is 0 Å². The Labute approximate surface area is 206 Å². The van der Waals surface area contributed by atoms with E-state index in [1.54, 1.807) is 0 Å². The van der Waals surface area contributed by atoms with Gasteiger partial charge in [-0.2, -0.15) is 0 Å². The Kier molecular flexibility index (Phi) is 5.48. The summed E-state index contributed by atoms with van der Waals surface area (Å²) in [7, 11) is 0. The molecule has 35 heavy (non-hydrogen) atoms. The maximum atomic E-state index is 3.53. The maximum Gasteiger partial charge on any atom is 0.0406 e. The van der Waals surface area contributed by atoms with E-state index in [4.69, 9.17) is 0 Å². The SMILES string of the molecule is C(#Cc1c2ccccc2c(C#Cc2ccccc2)c2cc(C3C=CC=C3)ccc12)c1ccccc1. The van der Waals surface area contributed by atoms with Crippen molar-refractivity contribution in [1.82, 2.24) is 0 Å². The summed E-state index contributed by atoms with van der Waals surface area (Å²) in [5.41, 5.74) is 5.39. The summed E-state index contributed by atoms with van der Waals surface area (Å²) in [6.07, 6.45) is 8.69. The summed E-state index contributed by atoms with van der Waals surface area (Å²) in [5.74, 6) is 14.1. The van der Waals surface area contributed by atoms with E-state index in [0.717, 1.165) is 43.8 Å². The Bertz CT molecular complexity index is 1720. The zero-order valence-corrected chi connectivity index (χ0v) is 19.2. The molecule has 0 saturated heterocycles. The molecule has 0 nitrogen and oxygen atoms in total. The second-order valence-electron chi connectivity index (χ2n) is 8.63. The van der Waals surface area contributed by atoms with Crippen molar-refractivity contribution in [1.29, 1.82) is 0 Å². The van der Waals surface area contributed by atoms with E-state index in [1.165, 1.54) is 5.56 Å². The van der Waals surface area contributed by atoms with E-state index in [-0.39, 0.29) is 0 Å². The summed E-state index contributed by atoms with van der Waals surface area (Å²) in [4.78, 5) is 0. The smallest absolute Gasteiger partial charge is 0.0406 e. The first-order chi connectivity index (χ1) is 17.4. The lowest BCUT2D eigenvalue weighted by Crippen LogP contribution is -1.94. The zero-order valence-electron chi connectivity index (χ0n) is 19.2. The molecule has 1 aliphatic rings. The van der Waals surface area contributed by atoms with E-state index in [9.17, 15) is 0 Å². The van der Waals surface area contributed by atoms with Gasteiger partial charge in [-0.25, -0.2) is 0 Å². The molecule has 1 aliphatic carbocycles. The van der Waals surface area contributed by atoms with Crippen molar-refractivity contribution in [2.45, 2.75) is 5.92 Å². The van der Waals surface area contributed by atoms with Gasteiger partial charge in [-0.1, -0.05) is 121 Å². The van der Waals surface area contributed by atoms with Crippen LogP contribution in [0.4, 0.5) is 0 Å². The Morgan fingerprint density at radius 1 is 0.429 bits per heavy atom. The second-order valence-corrected chi connectivity index (χ2v) is 8.63. The lowest BCUT2D eigenvalue weighted by molar-refractivity contribution is 1.11. The Morgan fingerprint density at radius 3 is 1.49 bits per heavy atom. The van der Waals surface area contributed by atoms with E-state index in [1.807, 2.05) is 48.5 Å². The molecule has 0 radical (unpaired) electrons. The quantitative estimate of drug-likeness (QED) is 0.182. The first-order valence-corrected chi connectivity index (χ1v) is 11.8. The fraction of sp³-hybridized carbons (Fsp3) is 0.0286. The monoisotopic (exact) mass is 442 g/mol. The third kappa shape index (κ3) is 4.15. The third-order valence-electron chi connectivity index (χ3n) is 6.39. The number of benzene rings is 5. The Balaban J connectivity index is 1.65. The van der Waals surface area contributed by atoms with E-state index in [2.05, 4.69) is 103 Å². The van der Waals surface area contributed by atoms with E-state index >= 15 is 0 Å². The number of hydrogen-bond acceptors (Lipinski definition) is 0. The molecule has 0 heteroatoms. The highest BCUT2D eigenvalue weighted by atomic mass is 14.2. The van der Waals surface area contributed by atoms with Crippen molar-refractivity contribution in [2.24, 2.45) is 0 Å². The summed E-state index contributed by atoms with van der Waals surface area (Å²) in [5, 5.41) is 4.56. The minimum absolute atomic E-state index is 0.291. The van der Waals surface area contributed by atoms with Crippen molar-refractivity contribution in [2.75, 3.05) is 0 Å². The van der Waals surface area contributed by atoms with Crippen molar-refractivity contribution in [3.63, 3.8) is 0 Å². The molecule has 162 valence electrons. The summed E-state index contributed by atoms with van der Waals surface area (Å²) in [6, 6.07) is 35.6. The van der Waals surface area contributed by atoms with Crippen LogP contribution in [0.25, 0.3) is 21.5 Å². The van der Waals surface area contributed by atoms with Gasteiger partial charge >= 0.3 is 0 Å². The number of rotatable bonds is 1. The molecule has 0 N–H and O–H groups in total. The van der Waals surface area contributed by atoms with Crippen LogP contribution in [0.1, 0.15) is 33.7 Å². The molecule has 0 aliphatic heterocycles. The first-order valence-electron chi connectivity index (χ1n) is 11.8. The molecule has 0 unspecified atom stereocenters. The predicted molar refractivity (Wildman–Crippen MR) is 147 cm³/mol. The van der Waals surface area contributed by atoms with Crippen LogP contribution in [0.15, 0.2) is 127 Å². The summed E-state index contributed by atoms with van der Waals surface area (Å²) < 4.78 is 0. The van der Waals surface area contributed by atoms with Crippen LogP contribution in [-0.4, -0.2) is 0 Å². The number of allylic oxidation sites excluding steroid dienone is 4. The standard InChI is InChI=1S/C35H22/c1-3-11-26(12-4-1)19-22-32-30-17-9-10-18-31(30)33(23-20-27-13-5-2-6-14-27)35-25-29(21-24-34(32)35)28-15-7-8-16-28/h1-18,21,24-25,28H. The van der Waals surface area contributed by atoms with Crippen LogP contribution in [0.5, 0.6) is 0 Å². The van der Waals surface area contributed by atoms with Crippen LogP contribution in [-0.2, 0) is 0 Å². The van der Waals surface area contributed by atoms with Gasteiger partial charge in [-0.3, -0.25) is 0 Å². The zero-order chi connectivity index (χ0) is 23.5. The van der Waals surface area contributed by atoms with Crippen molar-refractivity contribution >= 4 is 21.5 Å². The van der Waals surface area contributed by atoms with Gasteiger partial charge < -0.3 is 0 Å². The van der Waals surface area contributed by atoms with Crippen LogP contribution >= 0.6 is 0 Å². The molecule has 0 amide bonds. The molecule has 0 spiro atoms. The van der Waals surface area contributed by atoms with Crippen molar-refractivity contribution < 1.29 is 0 Å². The van der Waals surface area contributed by atoms with Crippen LogP contribution in [0.2, 0.25) is 0 Å². The number of fused-ring (bicyclic) bond motifs is 2. The highest BCUT2D eigenvalue weighted by molar-refractivity contribution is 6.10. The van der Waals surface area contributed by atoms with Gasteiger partial charge in [-0.05, 0) is 57.4 Å². The molecular formula is C35H22. The fourth-order valence-corrected chi connectivity index (χ4v) is 4.64. The molecule has 0 aromatic heterocycles. The van der Waals surface area contributed by atoms with Gasteiger partial charge in [0.2, 0.25) is 0 Å². The minimum Gasteiger partial charge on any atom is -0.0732 e. The molecule has 5 aromatic carbocycles. The molecule has 5 aromatic rings. The lowest BCUT2D eigenvalue weighted by atomic mass is 9.89. The molecule has 0 bridgehead atoms. The van der Waals surface area contributed by atoms with Crippen LogP contribution in [0.3, 0.4) is 0 Å².